The zero-order chi connectivity index (χ0) is 21.4. The fourth-order valence-electron chi connectivity index (χ4n) is 4.87. The van der Waals surface area contributed by atoms with Crippen molar-refractivity contribution in [1.29, 1.82) is 0 Å². The molecular formula is C28H23ClO2. The molecule has 0 aliphatic heterocycles. The molecule has 0 amide bonds. The molecule has 3 heteroatoms. The number of aromatic carboxylic acids is 1. The minimum atomic E-state index is -0.911. The predicted molar refractivity (Wildman–Crippen MR) is 130 cm³/mol. The number of alkyl halides is 1. The minimum absolute atomic E-state index is 0.229. The number of benzene rings is 5. The lowest BCUT2D eigenvalue weighted by Gasteiger charge is -2.14. The Morgan fingerprint density at radius 2 is 1.32 bits per heavy atom. The molecule has 0 saturated heterocycles. The van der Waals surface area contributed by atoms with Gasteiger partial charge in [-0.3, -0.25) is 0 Å². The summed E-state index contributed by atoms with van der Waals surface area (Å²) in [6.07, 6.45) is 3.88. The largest absolute Gasteiger partial charge is 0.478 e. The van der Waals surface area contributed by atoms with Crippen molar-refractivity contribution in [2.24, 2.45) is 0 Å². The SMILES string of the molecule is O=C(O)c1cccc(CCCCc2ccc3ccc4cccc5ccc2c3c45)c1CCl. The summed E-state index contributed by atoms with van der Waals surface area (Å²) < 4.78 is 0. The van der Waals surface area contributed by atoms with Gasteiger partial charge in [-0.05, 0) is 80.8 Å². The standard InChI is InChI=1S/C28H23ClO2/c29-17-25-18(7-4-10-24(25)28(30)31)5-1-2-6-19-11-12-22-14-13-20-8-3-9-21-15-16-23(19)27(22)26(20)21/h3-4,7-16H,1-2,5-6,17H2,(H,30,31). The predicted octanol–water partition coefficient (Wildman–Crippen LogP) is 7.59. The Labute approximate surface area is 186 Å². The second kappa shape index (κ2) is 8.20. The molecule has 0 radical (unpaired) electrons. The van der Waals surface area contributed by atoms with Crippen molar-refractivity contribution in [3.8, 4) is 0 Å². The first-order valence-corrected chi connectivity index (χ1v) is 11.3. The normalized spacial score (nSPS) is 11.6. The molecule has 0 aliphatic rings. The molecule has 0 fully saturated rings. The fraction of sp³-hybridized carbons (Fsp3) is 0.179. The third-order valence-corrected chi connectivity index (χ3v) is 6.67. The Hall–Kier alpha value is -3.10. The molecule has 154 valence electrons. The highest BCUT2D eigenvalue weighted by molar-refractivity contribution is 6.23. The molecule has 0 spiro atoms. The van der Waals surface area contributed by atoms with Crippen LogP contribution in [0.5, 0.6) is 0 Å². The third kappa shape index (κ3) is 3.51. The maximum Gasteiger partial charge on any atom is 0.336 e. The van der Waals surface area contributed by atoms with E-state index in [0.29, 0.717) is 5.56 Å². The third-order valence-electron chi connectivity index (χ3n) is 6.40. The average Bonchev–Trinajstić information content (AvgIpc) is 2.80. The maximum atomic E-state index is 11.5. The van der Waals surface area contributed by atoms with Crippen LogP contribution in [0.25, 0.3) is 32.3 Å². The number of halogens is 1. The summed E-state index contributed by atoms with van der Waals surface area (Å²) in [5.41, 5.74) is 3.49. The van der Waals surface area contributed by atoms with Gasteiger partial charge in [-0.15, -0.1) is 11.6 Å². The van der Waals surface area contributed by atoms with E-state index in [1.165, 1.54) is 37.9 Å². The summed E-state index contributed by atoms with van der Waals surface area (Å²) in [5.74, 6) is -0.682. The quantitative estimate of drug-likeness (QED) is 0.165. The highest BCUT2D eigenvalue weighted by Crippen LogP contribution is 2.36. The number of carboxylic acid groups (broad SMARTS) is 1. The van der Waals surface area contributed by atoms with Gasteiger partial charge < -0.3 is 5.11 Å². The van der Waals surface area contributed by atoms with Crippen LogP contribution in [-0.2, 0) is 18.7 Å². The van der Waals surface area contributed by atoms with E-state index in [0.717, 1.165) is 36.8 Å². The number of rotatable bonds is 7. The van der Waals surface area contributed by atoms with Crippen LogP contribution >= 0.6 is 11.6 Å². The molecule has 0 bridgehead atoms. The summed E-state index contributed by atoms with van der Waals surface area (Å²) in [6.45, 7) is 0. The lowest BCUT2D eigenvalue weighted by molar-refractivity contribution is 0.0696. The Balaban J connectivity index is 1.39. The topological polar surface area (TPSA) is 37.3 Å². The van der Waals surface area contributed by atoms with Gasteiger partial charge in [0, 0.05) is 5.88 Å². The van der Waals surface area contributed by atoms with Crippen molar-refractivity contribution >= 4 is 49.9 Å². The van der Waals surface area contributed by atoms with Crippen LogP contribution in [0.1, 0.15) is 39.9 Å². The number of aryl methyl sites for hydroxylation is 2. The van der Waals surface area contributed by atoms with Gasteiger partial charge in [0.05, 0.1) is 5.56 Å². The van der Waals surface area contributed by atoms with Gasteiger partial charge in [0.2, 0.25) is 0 Å². The van der Waals surface area contributed by atoms with Gasteiger partial charge >= 0.3 is 5.97 Å². The first-order valence-electron chi connectivity index (χ1n) is 10.7. The van der Waals surface area contributed by atoms with Gasteiger partial charge in [0.1, 0.15) is 0 Å². The van der Waals surface area contributed by atoms with Crippen molar-refractivity contribution in [3.63, 3.8) is 0 Å². The Morgan fingerprint density at radius 3 is 2.03 bits per heavy atom. The van der Waals surface area contributed by atoms with Crippen LogP contribution in [0.3, 0.4) is 0 Å². The monoisotopic (exact) mass is 426 g/mol. The molecule has 0 heterocycles. The first kappa shape index (κ1) is 19.8. The molecule has 2 nitrogen and oxygen atoms in total. The minimum Gasteiger partial charge on any atom is -0.478 e. The molecule has 5 rings (SSSR count). The summed E-state index contributed by atoms with van der Waals surface area (Å²) >= 11 is 6.07. The average molecular weight is 427 g/mol. The molecule has 0 aromatic heterocycles. The van der Waals surface area contributed by atoms with Crippen molar-refractivity contribution in [3.05, 3.63) is 95.1 Å². The van der Waals surface area contributed by atoms with Crippen molar-refractivity contribution in [2.75, 3.05) is 0 Å². The first-order chi connectivity index (χ1) is 15.2. The fourth-order valence-corrected chi connectivity index (χ4v) is 5.19. The van der Waals surface area contributed by atoms with E-state index >= 15 is 0 Å². The van der Waals surface area contributed by atoms with Gasteiger partial charge in [0.25, 0.3) is 0 Å². The maximum absolute atomic E-state index is 11.5. The van der Waals surface area contributed by atoms with E-state index in [2.05, 4.69) is 54.6 Å². The zero-order valence-electron chi connectivity index (χ0n) is 17.2. The Bertz CT molecular complexity index is 1390. The summed E-state index contributed by atoms with van der Waals surface area (Å²) in [6, 6.07) is 25.4. The van der Waals surface area contributed by atoms with E-state index < -0.39 is 5.97 Å². The molecule has 1 N–H and O–H groups in total. The van der Waals surface area contributed by atoms with Crippen LogP contribution in [0.2, 0.25) is 0 Å². The van der Waals surface area contributed by atoms with Crippen LogP contribution in [-0.4, -0.2) is 11.1 Å². The molecule has 0 unspecified atom stereocenters. The summed E-state index contributed by atoms with van der Waals surface area (Å²) in [4.78, 5) is 11.5. The van der Waals surface area contributed by atoms with Crippen molar-refractivity contribution in [2.45, 2.75) is 31.6 Å². The van der Waals surface area contributed by atoms with Gasteiger partial charge in [-0.25, -0.2) is 4.79 Å². The van der Waals surface area contributed by atoms with E-state index in [1.54, 1.807) is 6.07 Å². The van der Waals surface area contributed by atoms with E-state index in [1.807, 2.05) is 12.1 Å². The molecule has 31 heavy (non-hydrogen) atoms. The van der Waals surface area contributed by atoms with Gasteiger partial charge in [-0.2, -0.15) is 0 Å². The lowest BCUT2D eigenvalue weighted by atomic mass is 9.90. The molecule has 5 aromatic rings. The summed E-state index contributed by atoms with van der Waals surface area (Å²) in [7, 11) is 0. The highest BCUT2D eigenvalue weighted by atomic mass is 35.5. The zero-order valence-corrected chi connectivity index (χ0v) is 18.0. The van der Waals surface area contributed by atoms with Crippen LogP contribution in [0, 0.1) is 0 Å². The molecule has 0 saturated carbocycles. The van der Waals surface area contributed by atoms with Crippen LogP contribution in [0.15, 0.2) is 72.8 Å². The number of hydrogen-bond donors (Lipinski definition) is 1. The summed E-state index contributed by atoms with van der Waals surface area (Å²) in [5, 5.41) is 17.3. The number of carboxylic acids is 1. The van der Waals surface area contributed by atoms with Gasteiger partial charge in [0.15, 0.2) is 0 Å². The molecule has 5 aromatic carbocycles. The second-order valence-corrected chi connectivity index (χ2v) is 8.44. The van der Waals surface area contributed by atoms with Crippen molar-refractivity contribution < 1.29 is 9.90 Å². The molecule has 0 aliphatic carbocycles. The highest BCUT2D eigenvalue weighted by Gasteiger charge is 2.13. The van der Waals surface area contributed by atoms with E-state index in [-0.39, 0.29) is 5.88 Å². The van der Waals surface area contributed by atoms with E-state index in [9.17, 15) is 9.90 Å². The Morgan fingerprint density at radius 1 is 0.710 bits per heavy atom. The van der Waals surface area contributed by atoms with Gasteiger partial charge in [-0.1, -0.05) is 66.7 Å². The van der Waals surface area contributed by atoms with E-state index in [4.69, 9.17) is 11.6 Å². The number of hydrogen-bond acceptors (Lipinski definition) is 1. The lowest BCUT2D eigenvalue weighted by Crippen LogP contribution is -2.05. The van der Waals surface area contributed by atoms with Crippen LogP contribution < -0.4 is 0 Å². The van der Waals surface area contributed by atoms with Crippen molar-refractivity contribution in [1.82, 2.24) is 0 Å². The number of carbonyl (C=O) groups is 1. The number of unbranched alkanes of at least 4 members (excludes halogenated alkanes) is 1. The smallest absolute Gasteiger partial charge is 0.336 e. The molecule has 0 atom stereocenters. The second-order valence-electron chi connectivity index (χ2n) is 8.17. The Kier molecular flexibility index (Phi) is 5.25. The van der Waals surface area contributed by atoms with Crippen LogP contribution in [0.4, 0.5) is 0 Å². The molecular weight excluding hydrogens is 404 g/mol.